The van der Waals surface area contributed by atoms with Crippen LogP contribution in [0.1, 0.15) is 39.0 Å². The first-order valence-electron chi connectivity index (χ1n) is 5.01. The van der Waals surface area contributed by atoms with Gasteiger partial charge in [-0.25, -0.2) is 0 Å². The maximum atomic E-state index is 11.7. The smallest absolute Gasteiger partial charge is 0.186 e. The van der Waals surface area contributed by atoms with E-state index in [1.807, 2.05) is 6.92 Å². The molecule has 1 aliphatic carbocycles. The minimum absolute atomic E-state index is 0.171. The Bertz CT molecular complexity index is 206. The van der Waals surface area contributed by atoms with Crippen LogP contribution < -0.4 is 0 Å². The van der Waals surface area contributed by atoms with Crippen molar-refractivity contribution in [3.05, 3.63) is 11.6 Å². The summed E-state index contributed by atoms with van der Waals surface area (Å²) in [4.78, 5) is 11.7. The van der Waals surface area contributed by atoms with E-state index in [9.17, 15) is 4.79 Å². The molecule has 0 radical (unpaired) electrons. The lowest BCUT2D eigenvalue weighted by Crippen LogP contribution is -2.20. The fraction of sp³-hybridized carbons (Fsp3) is 0.727. The van der Waals surface area contributed by atoms with Gasteiger partial charge in [-0.2, -0.15) is 0 Å². The zero-order chi connectivity index (χ0) is 9.68. The predicted molar refractivity (Wildman–Crippen MR) is 52.6 cm³/mol. The highest BCUT2D eigenvalue weighted by atomic mass is 16.5. The first kappa shape index (κ1) is 10.5. The molecule has 13 heavy (non-hydrogen) atoms. The number of hydrogen-bond donors (Lipinski definition) is 0. The molecule has 1 unspecified atom stereocenters. The predicted octanol–water partition coefficient (Wildman–Crippen LogP) is 2.48. The second kappa shape index (κ2) is 5.18. The van der Waals surface area contributed by atoms with E-state index in [-0.39, 0.29) is 11.9 Å². The molecular formula is C11H18O2. The fourth-order valence-electron chi connectivity index (χ4n) is 1.61. The third-order valence-corrected chi connectivity index (χ3v) is 2.58. The molecule has 1 rings (SSSR count). The largest absolute Gasteiger partial charge is 0.374 e. The summed E-state index contributed by atoms with van der Waals surface area (Å²) in [5.41, 5.74) is 0.979. The number of rotatable bonds is 3. The van der Waals surface area contributed by atoms with Crippen molar-refractivity contribution in [1.29, 1.82) is 0 Å². The van der Waals surface area contributed by atoms with Crippen LogP contribution in [0.25, 0.3) is 0 Å². The van der Waals surface area contributed by atoms with Crippen LogP contribution >= 0.6 is 0 Å². The molecule has 0 saturated heterocycles. The molecule has 74 valence electrons. The number of ether oxygens (including phenoxy) is 1. The molecule has 0 saturated carbocycles. The molecular weight excluding hydrogens is 164 g/mol. The Morgan fingerprint density at radius 1 is 1.46 bits per heavy atom. The summed E-state index contributed by atoms with van der Waals surface area (Å²) >= 11 is 0. The summed E-state index contributed by atoms with van der Waals surface area (Å²) < 4.78 is 5.02. The molecule has 0 amide bonds. The maximum absolute atomic E-state index is 11.7. The van der Waals surface area contributed by atoms with E-state index in [2.05, 4.69) is 6.08 Å². The van der Waals surface area contributed by atoms with Crippen LogP contribution in [0, 0.1) is 0 Å². The highest BCUT2D eigenvalue weighted by Gasteiger charge is 2.17. The Hall–Kier alpha value is -0.630. The third kappa shape index (κ3) is 2.96. The van der Waals surface area contributed by atoms with Crippen molar-refractivity contribution in [3.63, 3.8) is 0 Å². The van der Waals surface area contributed by atoms with E-state index in [1.54, 1.807) is 7.11 Å². The number of allylic oxidation sites excluding steroid dienone is 1. The first-order chi connectivity index (χ1) is 6.25. The first-order valence-corrected chi connectivity index (χ1v) is 5.01. The van der Waals surface area contributed by atoms with Crippen molar-refractivity contribution in [2.75, 3.05) is 7.11 Å². The van der Waals surface area contributed by atoms with Gasteiger partial charge in [0.1, 0.15) is 6.10 Å². The Labute approximate surface area is 80.0 Å². The van der Waals surface area contributed by atoms with Gasteiger partial charge in [0.15, 0.2) is 5.78 Å². The summed E-state index contributed by atoms with van der Waals surface area (Å²) in [5.74, 6) is 0.171. The van der Waals surface area contributed by atoms with Gasteiger partial charge in [0.05, 0.1) is 0 Å². The summed E-state index contributed by atoms with van der Waals surface area (Å²) in [6.07, 6.45) is 7.42. The van der Waals surface area contributed by atoms with Gasteiger partial charge in [-0.3, -0.25) is 4.79 Å². The molecule has 0 heterocycles. The topological polar surface area (TPSA) is 26.3 Å². The highest BCUT2D eigenvalue weighted by Crippen LogP contribution is 2.19. The number of carbonyl (C=O) groups is 1. The van der Waals surface area contributed by atoms with Crippen LogP contribution in [-0.2, 0) is 9.53 Å². The van der Waals surface area contributed by atoms with Crippen molar-refractivity contribution in [3.8, 4) is 0 Å². The summed E-state index contributed by atoms with van der Waals surface area (Å²) in [6, 6.07) is 0. The van der Waals surface area contributed by atoms with Crippen LogP contribution in [0.5, 0.6) is 0 Å². The van der Waals surface area contributed by atoms with Gasteiger partial charge in [-0.05, 0) is 38.2 Å². The van der Waals surface area contributed by atoms with Gasteiger partial charge in [-0.15, -0.1) is 0 Å². The molecule has 0 N–H and O–H groups in total. The minimum atomic E-state index is -0.274. The average Bonchev–Trinajstić information content (AvgIpc) is 2.43. The molecule has 2 heteroatoms. The summed E-state index contributed by atoms with van der Waals surface area (Å²) in [5, 5.41) is 0. The minimum Gasteiger partial charge on any atom is -0.374 e. The molecule has 1 atom stereocenters. The number of hydrogen-bond acceptors (Lipinski definition) is 2. The molecule has 0 aliphatic heterocycles. The highest BCUT2D eigenvalue weighted by molar-refractivity contribution is 5.98. The van der Waals surface area contributed by atoms with E-state index < -0.39 is 0 Å². The van der Waals surface area contributed by atoms with E-state index in [0.717, 1.165) is 24.8 Å². The molecule has 0 aromatic carbocycles. The molecule has 0 aromatic heterocycles. The van der Waals surface area contributed by atoms with Crippen molar-refractivity contribution < 1.29 is 9.53 Å². The lowest BCUT2D eigenvalue weighted by molar-refractivity contribution is -0.124. The van der Waals surface area contributed by atoms with Crippen molar-refractivity contribution in [2.24, 2.45) is 0 Å². The van der Waals surface area contributed by atoms with Crippen LogP contribution in [0.2, 0.25) is 0 Å². The van der Waals surface area contributed by atoms with Gasteiger partial charge >= 0.3 is 0 Å². The monoisotopic (exact) mass is 182 g/mol. The Morgan fingerprint density at radius 2 is 2.23 bits per heavy atom. The molecule has 1 aliphatic rings. The zero-order valence-corrected chi connectivity index (χ0v) is 8.51. The van der Waals surface area contributed by atoms with Gasteiger partial charge in [-0.1, -0.05) is 12.5 Å². The van der Waals surface area contributed by atoms with E-state index in [1.165, 1.54) is 12.8 Å². The average molecular weight is 182 g/mol. The van der Waals surface area contributed by atoms with E-state index in [4.69, 9.17) is 4.74 Å². The van der Waals surface area contributed by atoms with Gasteiger partial charge in [0.2, 0.25) is 0 Å². The maximum Gasteiger partial charge on any atom is 0.186 e. The van der Waals surface area contributed by atoms with Gasteiger partial charge in [0.25, 0.3) is 0 Å². The van der Waals surface area contributed by atoms with Crippen molar-refractivity contribution >= 4 is 5.78 Å². The Kier molecular flexibility index (Phi) is 4.16. The molecule has 0 bridgehead atoms. The fourth-order valence-corrected chi connectivity index (χ4v) is 1.61. The number of ketones is 1. The summed E-state index contributed by atoms with van der Waals surface area (Å²) in [6.45, 7) is 1.81. The second-order valence-corrected chi connectivity index (χ2v) is 3.57. The normalized spacial score (nSPS) is 20.3. The lowest BCUT2D eigenvalue weighted by atomic mass is 10.0. The molecule has 0 fully saturated rings. The van der Waals surface area contributed by atoms with Crippen molar-refractivity contribution in [1.82, 2.24) is 0 Å². The van der Waals surface area contributed by atoms with Crippen LogP contribution in [0.4, 0.5) is 0 Å². The molecule has 2 nitrogen and oxygen atoms in total. The Morgan fingerprint density at radius 3 is 2.92 bits per heavy atom. The second-order valence-electron chi connectivity index (χ2n) is 3.57. The molecule has 0 aromatic rings. The van der Waals surface area contributed by atoms with E-state index >= 15 is 0 Å². The number of methoxy groups -OCH3 is 1. The summed E-state index contributed by atoms with van der Waals surface area (Å²) in [7, 11) is 1.58. The van der Waals surface area contributed by atoms with Crippen LogP contribution in [-0.4, -0.2) is 19.0 Å². The molecule has 0 spiro atoms. The third-order valence-electron chi connectivity index (χ3n) is 2.58. The SMILES string of the molecule is COC(C)C(=O)C1=CCCCCC1. The van der Waals surface area contributed by atoms with Crippen LogP contribution in [0.15, 0.2) is 11.6 Å². The number of Topliss-reactive ketones (excluding diaryl/α,β-unsaturated/α-hetero) is 1. The van der Waals surface area contributed by atoms with E-state index in [0.29, 0.717) is 0 Å². The van der Waals surface area contributed by atoms with Gasteiger partial charge in [0, 0.05) is 7.11 Å². The van der Waals surface area contributed by atoms with Crippen molar-refractivity contribution in [2.45, 2.75) is 45.1 Å². The Balaban J connectivity index is 2.58. The zero-order valence-electron chi connectivity index (χ0n) is 8.51. The number of carbonyl (C=O) groups excluding carboxylic acids is 1. The van der Waals surface area contributed by atoms with Gasteiger partial charge < -0.3 is 4.74 Å². The standard InChI is InChI=1S/C11H18O2/c1-9(13-2)11(12)10-7-5-3-4-6-8-10/h7,9H,3-6,8H2,1-2H3. The quantitative estimate of drug-likeness (QED) is 0.670. The lowest BCUT2D eigenvalue weighted by Gasteiger charge is -2.10. The van der Waals surface area contributed by atoms with Crippen LogP contribution in [0.3, 0.4) is 0 Å².